The van der Waals surface area contributed by atoms with E-state index in [1.807, 2.05) is 25.3 Å². The minimum absolute atomic E-state index is 0.673. The number of fused-ring (bicyclic) bond motifs is 2. The number of rotatable bonds is 1. The third-order valence-electron chi connectivity index (χ3n) is 4.73. The average molecular weight is 390 g/mol. The number of hydrogen-bond donors (Lipinski definition) is 0. The Morgan fingerprint density at radius 1 is 1.04 bits per heavy atom. The van der Waals surface area contributed by atoms with Crippen molar-refractivity contribution in [2.75, 3.05) is 0 Å². The van der Waals surface area contributed by atoms with Crippen molar-refractivity contribution in [2.45, 2.75) is 20.8 Å². The van der Waals surface area contributed by atoms with E-state index in [2.05, 4.69) is 64.7 Å². The zero-order chi connectivity index (χ0) is 17.7. The summed E-state index contributed by atoms with van der Waals surface area (Å²) in [5, 5.41) is 11.5. The molecule has 2 heterocycles. The van der Waals surface area contributed by atoms with Crippen LogP contribution in [0.15, 0.2) is 47.1 Å². The third-order valence-corrected chi connectivity index (χ3v) is 5.19. The molecule has 0 radical (unpaired) electrons. The van der Waals surface area contributed by atoms with Gasteiger partial charge in [-0.2, -0.15) is 5.26 Å². The molecule has 0 atom stereocenters. The lowest BCUT2D eigenvalue weighted by molar-refractivity contribution is 1.08. The molecule has 4 rings (SSSR count). The van der Waals surface area contributed by atoms with Gasteiger partial charge in [0.15, 0.2) is 0 Å². The highest BCUT2D eigenvalue weighted by Crippen LogP contribution is 2.33. The van der Waals surface area contributed by atoms with E-state index in [0.29, 0.717) is 5.56 Å². The van der Waals surface area contributed by atoms with Crippen molar-refractivity contribution in [1.82, 2.24) is 9.55 Å². The quantitative estimate of drug-likeness (QED) is 0.416. The van der Waals surface area contributed by atoms with Gasteiger partial charge in [-0.05, 0) is 56.7 Å². The van der Waals surface area contributed by atoms with E-state index >= 15 is 0 Å². The Bertz CT molecular complexity index is 1200. The third kappa shape index (κ3) is 2.43. The van der Waals surface area contributed by atoms with Crippen molar-refractivity contribution in [2.24, 2.45) is 0 Å². The molecular formula is C21H16BrN3. The smallest absolute Gasteiger partial charge is 0.0999 e. The topological polar surface area (TPSA) is 41.6 Å². The van der Waals surface area contributed by atoms with Gasteiger partial charge in [0, 0.05) is 27.1 Å². The van der Waals surface area contributed by atoms with E-state index in [1.165, 1.54) is 5.56 Å². The minimum Gasteiger partial charge on any atom is -0.315 e. The first-order valence-corrected chi connectivity index (χ1v) is 8.87. The van der Waals surface area contributed by atoms with Crippen molar-refractivity contribution < 1.29 is 0 Å². The molecule has 2 aromatic carbocycles. The fraction of sp³-hybridized carbons (Fsp3) is 0.143. The van der Waals surface area contributed by atoms with E-state index in [1.54, 1.807) is 0 Å². The van der Waals surface area contributed by atoms with E-state index in [9.17, 15) is 5.26 Å². The van der Waals surface area contributed by atoms with Crippen LogP contribution >= 0.6 is 15.9 Å². The van der Waals surface area contributed by atoms with Crippen LogP contribution in [0.3, 0.4) is 0 Å². The average Bonchev–Trinajstić information content (AvgIpc) is 2.99. The second-order valence-corrected chi connectivity index (χ2v) is 7.29. The first-order chi connectivity index (χ1) is 12.0. The van der Waals surface area contributed by atoms with Gasteiger partial charge in [0.05, 0.1) is 28.4 Å². The normalized spacial score (nSPS) is 11.2. The molecule has 0 aliphatic carbocycles. The number of aryl methyl sites for hydroxylation is 2. The van der Waals surface area contributed by atoms with Gasteiger partial charge >= 0.3 is 0 Å². The number of hydrogen-bond acceptors (Lipinski definition) is 2. The van der Waals surface area contributed by atoms with Crippen LogP contribution < -0.4 is 0 Å². The molecule has 4 heteroatoms. The van der Waals surface area contributed by atoms with Crippen LogP contribution in [0.2, 0.25) is 0 Å². The Morgan fingerprint density at radius 2 is 1.84 bits per heavy atom. The summed E-state index contributed by atoms with van der Waals surface area (Å²) in [4.78, 5) is 4.74. The number of nitriles is 1. The number of benzene rings is 2. The Labute approximate surface area is 154 Å². The van der Waals surface area contributed by atoms with Crippen molar-refractivity contribution >= 4 is 37.7 Å². The molecule has 0 saturated heterocycles. The van der Waals surface area contributed by atoms with Crippen LogP contribution in [-0.4, -0.2) is 9.55 Å². The molecule has 122 valence electrons. The SMILES string of the molecule is Cc1ccc2nc(C)c(C)c(-n3ccc4c(C#N)cc(Br)cc43)c2c1. The van der Waals surface area contributed by atoms with Gasteiger partial charge in [0.25, 0.3) is 0 Å². The molecular weight excluding hydrogens is 374 g/mol. The molecule has 0 aliphatic rings. The first kappa shape index (κ1) is 15.9. The van der Waals surface area contributed by atoms with Gasteiger partial charge in [-0.1, -0.05) is 27.6 Å². The highest BCUT2D eigenvalue weighted by Gasteiger charge is 2.15. The molecule has 4 aromatic rings. The van der Waals surface area contributed by atoms with E-state index in [-0.39, 0.29) is 0 Å². The van der Waals surface area contributed by atoms with Crippen LogP contribution in [0.5, 0.6) is 0 Å². The molecule has 2 aromatic heterocycles. The van der Waals surface area contributed by atoms with Gasteiger partial charge < -0.3 is 4.57 Å². The predicted octanol–water partition coefficient (Wildman–Crippen LogP) is 5.74. The lowest BCUT2D eigenvalue weighted by atomic mass is 10.0. The summed E-state index contributed by atoms with van der Waals surface area (Å²) in [5.74, 6) is 0. The zero-order valence-electron chi connectivity index (χ0n) is 14.3. The summed E-state index contributed by atoms with van der Waals surface area (Å²) < 4.78 is 3.08. The summed E-state index contributed by atoms with van der Waals surface area (Å²) in [5.41, 5.74) is 7.17. The predicted molar refractivity (Wildman–Crippen MR) is 105 cm³/mol. The van der Waals surface area contributed by atoms with E-state index < -0.39 is 0 Å². The first-order valence-electron chi connectivity index (χ1n) is 8.08. The Hall–Kier alpha value is -2.64. The lowest BCUT2D eigenvalue weighted by Crippen LogP contribution is -2.02. The molecule has 0 N–H and O–H groups in total. The molecule has 0 aliphatic heterocycles. The summed E-state index contributed by atoms with van der Waals surface area (Å²) in [6.45, 7) is 6.24. The van der Waals surface area contributed by atoms with Crippen LogP contribution in [-0.2, 0) is 0 Å². The molecule has 0 bridgehead atoms. The maximum absolute atomic E-state index is 9.46. The van der Waals surface area contributed by atoms with Gasteiger partial charge in [-0.15, -0.1) is 0 Å². The van der Waals surface area contributed by atoms with Gasteiger partial charge in [0.1, 0.15) is 0 Å². The Morgan fingerprint density at radius 3 is 2.60 bits per heavy atom. The van der Waals surface area contributed by atoms with Crippen molar-refractivity contribution in [3.05, 3.63) is 69.5 Å². The van der Waals surface area contributed by atoms with E-state index in [0.717, 1.165) is 43.2 Å². The summed E-state index contributed by atoms with van der Waals surface area (Å²) in [6.07, 6.45) is 2.04. The highest BCUT2D eigenvalue weighted by molar-refractivity contribution is 9.10. The second-order valence-electron chi connectivity index (χ2n) is 6.38. The fourth-order valence-electron chi connectivity index (χ4n) is 3.38. The highest BCUT2D eigenvalue weighted by atomic mass is 79.9. The van der Waals surface area contributed by atoms with E-state index in [4.69, 9.17) is 4.98 Å². The molecule has 0 spiro atoms. The van der Waals surface area contributed by atoms with Crippen molar-refractivity contribution in [1.29, 1.82) is 5.26 Å². The molecule has 3 nitrogen and oxygen atoms in total. The van der Waals surface area contributed by atoms with Crippen molar-refractivity contribution in [3.63, 3.8) is 0 Å². The summed E-state index contributed by atoms with van der Waals surface area (Å²) in [6, 6.07) is 14.6. The van der Waals surface area contributed by atoms with Gasteiger partial charge in [-0.3, -0.25) is 4.98 Å². The number of nitrogens with zero attached hydrogens (tertiary/aromatic N) is 3. The largest absolute Gasteiger partial charge is 0.315 e. The van der Waals surface area contributed by atoms with Crippen molar-refractivity contribution in [3.8, 4) is 11.8 Å². The summed E-state index contributed by atoms with van der Waals surface area (Å²) >= 11 is 3.53. The molecule has 25 heavy (non-hydrogen) atoms. The molecule has 0 amide bonds. The molecule has 0 unspecified atom stereocenters. The summed E-state index contributed by atoms with van der Waals surface area (Å²) in [7, 11) is 0. The van der Waals surface area contributed by atoms with Crippen LogP contribution in [0.4, 0.5) is 0 Å². The monoisotopic (exact) mass is 389 g/mol. The standard InChI is InChI=1S/C21H16BrN3/c1-12-4-5-19-18(8-12)21(13(2)14(3)24-19)25-7-6-17-15(11-23)9-16(22)10-20(17)25/h4-10H,1-3H3. The molecule has 0 fully saturated rings. The molecule has 0 saturated carbocycles. The number of halogens is 1. The van der Waals surface area contributed by atoms with Crippen LogP contribution in [0.1, 0.15) is 22.4 Å². The second kappa shape index (κ2) is 5.72. The maximum Gasteiger partial charge on any atom is 0.0999 e. The number of pyridine rings is 1. The maximum atomic E-state index is 9.46. The zero-order valence-corrected chi connectivity index (χ0v) is 15.8. The lowest BCUT2D eigenvalue weighted by Gasteiger charge is -2.15. The number of aromatic nitrogens is 2. The minimum atomic E-state index is 0.673. The van der Waals surface area contributed by atoms with Crippen LogP contribution in [0, 0.1) is 32.1 Å². The van der Waals surface area contributed by atoms with Gasteiger partial charge in [0.2, 0.25) is 0 Å². The Balaban J connectivity index is 2.18. The van der Waals surface area contributed by atoms with Crippen LogP contribution in [0.25, 0.3) is 27.5 Å². The fourth-order valence-corrected chi connectivity index (χ4v) is 3.83. The Kier molecular flexibility index (Phi) is 3.63. The van der Waals surface area contributed by atoms with Gasteiger partial charge in [-0.25, -0.2) is 0 Å².